The fourth-order valence-corrected chi connectivity index (χ4v) is 2.62. The number of amides is 1. The molecule has 0 aromatic heterocycles. The summed E-state index contributed by atoms with van der Waals surface area (Å²) in [4.78, 5) is 12.2. The summed E-state index contributed by atoms with van der Waals surface area (Å²) in [6.45, 7) is 5.90. The first-order valence-electron chi connectivity index (χ1n) is 6.07. The van der Waals surface area contributed by atoms with Crippen LogP contribution < -0.4 is 5.32 Å². The summed E-state index contributed by atoms with van der Waals surface area (Å²) in [5, 5.41) is 12.7. The molecule has 3 nitrogen and oxygen atoms in total. The maximum Gasteiger partial charge on any atom is 0.252 e. The van der Waals surface area contributed by atoms with Crippen molar-refractivity contribution >= 4 is 21.8 Å². The van der Waals surface area contributed by atoms with E-state index in [4.69, 9.17) is 0 Å². The van der Waals surface area contributed by atoms with E-state index in [0.717, 1.165) is 10.0 Å². The van der Waals surface area contributed by atoms with Crippen molar-refractivity contribution < 1.29 is 9.90 Å². The van der Waals surface area contributed by atoms with Gasteiger partial charge in [-0.05, 0) is 41.4 Å². The van der Waals surface area contributed by atoms with Gasteiger partial charge in [-0.15, -0.1) is 0 Å². The third-order valence-electron chi connectivity index (χ3n) is 3.89. The van der Waals surface area contributed by atoms with E-state index < -0.39 is 0 Å². The van der Waals surface area contributed by atoms with Crippen LogP contribution in [-0.4, -0.2) is 23.2 Å². The van der Waals surface area contributed by atoms with Crippen molar-refractivity contribution in [2.24, 2.45) is 5.41 Å². The Morgan fingerprint density at radius 1 is 1.50 bits per heavy atom. The Hall–Kier alpha value is -0.870. The van der Waals surface area contributed by atoms with Gasteiger partial charge in [-0.1, -0.05) is 25.5 Å². The number of halogens is 1. The van der Waals surface area contributed by atoms with Crippen LogP contribution >= 0.6 is 15.9 Å². The lowest BCUT2D eigenvalue weighted by molar-refractivity contribution is -0.0689. The Balaban J connectivity index is 2.12. The topological polar surface area (TPSA) is 49.3 Å². The minimum atomic E-state index is -0.330. The fourth-order valence-electron chi connectivity index (χ4n) is 2.20. The van der Waals surface area contributed by atoms with Gasteiger partial charge in [-0.2, -0.15) is 0 Å². The molecular formula is C14H18BrNO2. The molecule has 0 bridgehead atoms. The molecule has 0 radical (unpaired) electrons. The van der Waals surface area contributed by atoms with Crippen molar-refractivity contribution in [2.75, 3.05) is 0 Å². The van der Waals surface area contributed by atoms with Crippen molar-refractivity contribution in [3.05, 3.63) is 33.8 Å². The van der Waals surface area contributed by atoms with E-state index in [9.17, 15) is 9.90 Å². The Labute approximate surface area is 116 Å². The van der Waals surface area contributed by atoms with Crippen LogP contribution in [0.4, 0.5) is 0 Å². The van der Waals surface area contributed by atoms with Crippen LogP contribution in [0, 0.1) is 12.3 Å². The third-order valence-corrected chi connectivity index (χ3v) is 4.58. The molecule has 1 aliphatic carbocycles. The Morgan fingerprint density at radius 2 is 2.17 bits per heavy atom. The monoisotopic (exact) mass is 311 g/mol. The highest BCUT2D eigenvalue weighted by molar-refractivity contribution is 9.10. The lowest BCUT2D eigenvalue weighted by Crippen LogP contribution is -2.61. The number of carbonyl (C=O) groups is 1. The van der Waals surface area contributed by atoms with Gasteiger partial charge in [0, 0.05) is 15.9 Å². The first-order chi connectivity index (χ1) is 8.32. The minimum Gasteiger partial charge on any atom is -0.392 e. The third kappa shape index (κ3) is 2.31. The van der Waals surface area contributed by atoms with Gasteiger partial charge >= 0.3 is 0 Å². The number of carbonyl (C=O) groups excluding carboxylic acids is 1. The first kappa shape index (κ1) is 13.6. The van der Waals surface area contributed by atoms with E-state index in [1.807, 2.05) is 39.0 Å². The molecule has 0 heterocycles. The summed E-state index contributed by atoms with van der Waals surface area (Å²) in [5.74, 6) is -0.0875. The molecule has 18 heavy (non-hydrogen) atoms. The molecule has 0 saturated heterocycles. The number of rotatable bonds is 2. The lowest BCUT2D eigenvalue weighted by Gasteiger charge is -2.49. The maximum absolute atomic E-state index is 12.2. The van der Waals surface area contributed by atoms with Crippen LogP contribution in [0.1, 0.15) is 36.2 Å². The second-order valence-corrected chi connectivity index (χ2v) is 6.44. The van der Waals surface area contributed by atoms with E-state index >= 15 is 0 Å². The number of hydrogen-bond donors (Lipinski definition) is 2. The van der Waals surface area contributed by atoms with Crippen LogP contribution in [0.3, 0.4) is 0 Å². The Bertz CT molecular complexity index is 485. The average Bonchev–Trinajstić information content (AvgIpc) is 2.31. The van der Waals surface area contributed by atoms with Crippen molar-refractivity contribution in [2.45, 2.75) is 39.3 Å². The van der Waals surface area contributed by atoms with Crippen LogP contribution in [0.15, 0.2) is 22.7 Å². The zero-order valence-corrected chi connectivity index (χ0v) is 12.4. The lowest BCUT2D eigenvalue weighted by atomic mass is 9.64. The predicted octanol–water partition coefficient (Wildman–Crippen LogP) is 2.65. The smallest absolute Gasteiger partial charge is 0.252 e. The second kappa shape index (κ2) is 4.67. The highest BCUT2D eigenvalue weighted by Gasteiger charge is 2.48. The first-order valence-corrected chi connectivity index (χ1v) is 6.86. The minimum absolute atomic E-state index is 0.0346. The van der Waals surface area contributed by atoms with Gasteiger partial charge in [0.1, 0.15) is 0 Å². The molecule has 0 spiro atoms. The SMILES string of the molecule is Cc1ccc(Br)c(C(=O)NC2CC(O)C2(C)C)c1. The number of aliphatic hydroxyl groups is 1. The molecule has 1 amide bonds. The summed E-state index contributed by atoms with van der Waals surface area (Å²) >= 11 is 3.39. The van der Waals surface area contributed by atoms with Crippen molar-refractivity contribution in [3.8, 4) is 0 Å². The van der Waals surface area contributed by atoms with Crippen LogP contribution in [0.2, 0.25) is 0 Å². The normalized spacial score (nSPS) is 25.4. The number of aliphatic hydroxyl groups excluding tert-OH is 1. The zero-order chi connectivity index (χ0) is 13.5. The molecule has 1 aliphatic rings. The summed E-state index contributed by atoms with van der Waals surface area (Å²) in [6.07, 6.45) is 0.297. The van der Waals surface area contributed by atoms with Gasteiger partial charge in [0.2, 0.25) is 0 Å². The van der Waals surface area contributed by atoms with Crippen LogP contribution in [0.25, 0.3) is 0 Å². The highest BCUT2D eigenvalue weighted by atomic mass is 79.9. The van der Waals surface area contributed by atoms with Crippen LogP contribution in [0.5, 0.6) is 0 Å². The fraction of sp³-hybridized carbons (Fsp3) is 0.500. The zero-order valence-electron chi connectivity index (χ0n) is 10.8. The highest BCUT2D eigenvalue weighted by Crippen LogP contribution is 2.40. The summed E-state index contributed by atoms with van der Waals surface area (Å²) in [5.41, 5.74) is 1.45. The summed E-state index contributed by atoms with van der Waals surface area (Å²) < 4.78 is 0.795. The quantitative estimate of drug-likeness (QED) is 0.882. The van der Waals surface area contributed by atoms with Crippen LogP contribution in [-0.2, 0) is 0 Å². The molecular weight excluding hydrogens is 294 g/mol. The largest absolute Gasteiger partial charge is 0.392 e. The Morgan fingerprint density at radius 3 is 2.72 bits per heavy atom. The van der Waals surface area contributed by atoms with Gasteiger partial charge in [0.25, 0.3) is 5.91 Å². The average molecular weight is 312 g/mol. The number of hydrogen-bond acceptors (Lipinski definition) is 2. The van der Waals surface area contributed by atoms with E-state index in [2.05, 4.69) is 21.2 Å². The van der Waals surface area contributed by atoms with Crippen molar-refractivity contribution in [3.63, 3.8) is 0 Å². The second-order valence-electron chi connectivity index (χ2n) is 5.58. The van der Waals surface area contributed by atoms with E-state index in [1.54, 1.807) is 0 Å². The predicted molar refractivity (Wildman–Crippen MR) is 74.5 cm³/mol. The molecule has 4 heteroatoms. The van der Waals surface area contributed by atoms with Gasteiger partial charge in [0.15, 0.2) is 0 Å². The number of benzene rings is 1. The number of aryl methyl sites for hydroxylation is 1. The Kier molecular flexibility index (Phi) is 3.52. The van der Waals surface area contributed by atoms with Gasteiger partial charge in [-0.3, -0.25) is 4.79 Å². The molecule has 2 rings (SSSR count). The van der Waals surface area contributed by atoms with Crippen molar-refractivity contribution in [1.29, 1.82) is 0 Å². The van der Waals surface area contributed by atoms with Crippen molar-refractivity contribution in [1.82, 2.24) is 5.32 Å². The van der Waals surface area contributed by atoms with E-state index in [-0.39, 0.29) is 23.5 Å². The van der Waals surface area contributed by atoms with E-state index in [1.165, 1.54) is 0 Å². The van der Waals surface area contributed by atoms with Gasteiger partial charge < -0.3 is 10.4 Å². The molecule has 2 N–H and O–H groups in total. The molecule has 2 atom stereocenters. The molecule has 1 saturated carbocycles. The summed E-state index contributed by atoms with van der Waals surface area (Å²) in [7, 11) is 0. The summed E-state index contributed by atoms with van der Waals surface area (Å²) in [6, 6.07) is 5.73. The molecule has 98 valence electrons. The van der Waals surface area contributed by atoms with Gasteiger partial charge in [0.05, 0.1) is 11.7 Å². The molecule has 1 aromatic rings. The molecule has 0 aliphatic heterocycles. The van der Waals surface area contributed by atoms with Gasteiger partial charge in [-0.25, -0.2) is 0 Å². The standard InChI is InChI=1S/C14H18BrNO2/c1-8-4-5-10(15)9(6-8)13(18)16-11-7-12(17)14(11,2)3/h4-6,11-12,17H,7H2,1-3H3,(H,16,18). The molecule has 1 fully saturated rings. The molecule has 1 aromatic carbocycles. The van der Waals surface area contributed by atoms with E-state index in [0.29, 0.717) is 12.0 Å². The number of nitrogens with one attached hydrogen (secondary N) is 1. The maximum atomic E-state index is 12.2. The molecule has 2 unspecified atom stereocenters.